The fraction of sp³-hybridized carbons (Fsp3) is 0.524. The van der Waals surface area contributed by atoms with Crippen LogP contribution >= 0.6 is 0 Å². The third-order valence-electron chi connectivity index (χ3n) is 5.39. The highest BCUT2D eigenvalue weighted by Gasteiger charge is 2.24. The lowest BCUT2D eigenvalue weighted by atomic mass is 10.0. The van der Waals surface area contributed by atoms with Crippen molar-refractivity contribution >= 4 is 17.5 Å². The molecule has 5 heteroatoms. The number of benzene rings is 1. The second kappa shape index (κ2) is 8.49. The van der Waals surface area contributed by atoms with Crippen molar-refractivity contribution in [1.82, 2.24) is 9.80 Å². The van der Waals surface area contributed by atoms with Crippen molar-refractivity contribution in [2.45, 2.75) is 33.1 Å². The van der Waals surface area contributed by atoms with Crippen LogP contribution in [0.25, 0.3) is 0 Å². The molecule has 1 fully saturated rings. The first kappa shape index (κ1) is 18.6. The molecule has 0 aromatic heterocycles. The molecule has 3 rings (SSSR count). The van der Waals surface area contributed by atoms with Gasteiger partial charge in [0.25, 0.3) is 0 Å². The summed E-state index contributed by atoms with van der Waals surface area (Å²) in [6, 6.07) is 6.01. The molecule has 0 radical (unpaired) electrons. The zero-order valence-corrected chi connectivity index (χ0v) is 15.8. The Balaban J connectivity index is 1.44. The van der Waals surface area contributed by atoms with Gasteiger partial charge in [0, 0.05) is 38.3 Å². The molecular formula is C21H29N3O2. The van der Waals surface area contributed by atoms with Crippen LogP contribution in [0.1, 0.15) is 30.4 Å². The Morgan fingerprint density at radius 3 is 2.42 bits per heavy atom. The minimum Gasteiger partial charge on any atom is -0.340 e. The Morgan fingerprint density at radius 1 is 1.12 bits per heavy atom. The Labute approximate surface area is 156 Å². The maximum atomic E-state index is 12.4. The lowest BCUT2D eigenvalue weighted by molar-refractivity contribution is -0.133. The van der Waals surface area contributed by atoms with Gasteiger partial charge in [-0.3, -0.25) is 14.5 Å². The topological polar surface area (TPSA) is 52.7 Å². The van der Waals surface area contributed by atoms with E-state index in [1.807, 2.05) is 36.9 Å². The van der Waals surface area contributed by atoms with Gasteiger partial charge in [-0.25, -0.2) is 0 Å². The number of carbonyl (C=O) groups is 2. The number of para-hydroxylation sites is 1. The molecule has 0 saturated carbocycles. The van der Waals surface area contributed by atoms with Gasteiger partial charge < -0.3 is 10.2 Å². The van der Waals surface area contributed by atoms with Crippen molar-refractivity contribution in [2.24, 2.45) is 5.92 Å². The number of hydrogen-bond acceptors (Lipinski definition) is 3. The molecule has 1 aromatic rings. The fourth-order valence-corrected chi connectivity index (χ4v) is 3.77. The smallest absolute Gasteiger partial charge is 0.238 e. The van der Waals surface area contributed by atoms with Crippen LogP contribution in [0.4, 0.5) is 5.69 Å². The Bertz CT molecular complexity index is 670. The van der Waals surface area contributed by atoms with E-state index in [2.05, 4.69) is 22.4 Å². The standard InChI is InChI=1S/C21H29N3O2/c1-16-6-5-7-17(2)21(16)22-19(25)15-23-10-12-24(13-11-23)20(26)14-18-8-3-4-9-18/h3,5-8,18H,4,9-15H2,1-2H3,(H,22,25)/t18-/m0/s1. The van der Waals surface area contributed by atoms with Crippen molar-refractivity contribution in [2.75, 3.05) is 38.0 Å². The number of nitrogens with zero attached hydrogens (tertiary/aromatic N) is 2. The number of rotatable bonds is 5. The van der Waals surface area contributed by atoms with Crippen molar-refractivity contribution in [3.05, 3.63) is 41.5 Å². The average Bonchev–Trinajstić information content (AvgIpc) is 3.12. The number of amides is 2. The van der Waals surface area contributed by atoms with E-state index in [0.29, 0.717) is 32.0 Å². The van der Waals surface area contributed by atoms with Crippen LogP contribution < -0.4 is 5.32 Å². The summed E-state index contributed by atoms with van der Waals surface area (Å²) < 4.78 is 0. The SMILES string of the molecule is Cc1cccc(C)c1NC(=O)CN1CCN(C(=O)C[C@H]2C=CCC2)CC1. The van der Waals surface area contributed by atoms with E-state index >= 15 is 0 Å². The first-order valence-corrected chi connectivity index (χ1v) is 9.56. The molecule has 2 aliphatic rings. The van der Waals surface area contributed by atoms with Gasteiger partial charge in [0.05, 0.1) is 6.54 Å². The highest BCUT2D eigenvalue weighted by Crippen LogP contribution is 2.22. The minimum atomic E-state index is 0.0123. The lowest BCUT2D eigenvalue weighted by Gasteiger charge is -2.34. The normalized spacial score (nSPS) is 20.4. The maximum Gasteiger partial charge on any atom is 0.238 e. The van der Waals surface area contributed by atoms with E-state index < -0.39 is 0 Å². The zero-order chi connectivity index (χ0) is 18.5. The van der Waals surface area contributed by atoms with Crippen LogP contribution in [0, 0.1) is 19.8 Å². The second-order valence-corrected chi connectivity index (χ2v) is 7.44. The quantitative estimate of drug-likeness (QED) is 0.827. The minimum absolute atomic E-state index is 0.0123. The van der Waals surface area contributed by atoms with E-state index in [9.17, 15) is 9.59 Å². The molecule has 26 heavy (non-hydrogen) atoms. The molecule has 1 atom stereocenters. The summed E-state index contributed by atoms with van der Waals surface area (Å²) in [5, 5.41) is 3.04. The molecular weight excluding hydrogens is 326 g/mol. The second-order valence-electron chi connectivity index (χ2n) is 7.44. The predicted molar refractivity (Wildman–Crippen MR) is 104 cm³/mol. The molecule has 1 N–H and O–H groups in total. The number of allylic oxidation sites excluding steroid dienone is 2. The van der Waals surface area contributed by atoms with Crippen LogP contribution in [0.2, 0.25) is 0 Å². The first-order chi connectivity index (χ1) is 12.5. The molecule has 140 valence electrons. The monoisotopic (exact) mass is 355 g/mol. The van der Waals surface area contributed by atoms with E-state index in [0.717, 1.165) is 42.7 Å². The summed E-state index contributed by atoms with van der Waals surface area (Å²) in [4.78, 5) is 28.9. The summed E-state index contributed by atoms with van der Waals surface area (Å²) >= 11 is 0. The zero-order valence-electron chi connectivity index (χ0n) is 15.8. The number of nitrogens with one attached hydrogen (secondary N) is 1. The lowest BCUT2D eigenvalue weighted by Crippen LogP contribution is -2.50. The summed E-state index contributed by atoms with van der Waals surface area (Å²) in [5.41, 5.74) is 3.07. The van der Waals surface area contributed by atoms with Crippen LogP contribution in [-0.4, -0.2) is 54.3 Å². The molecule has 1 aliphatic carbocycles. The average molecular weight is 355 g/mol. The molecule has 1 aliphatic heterocycles. The van der Waals surface area contributed by atoms with E-state index in [4.69, 9.17) is 0 Å². The van der Waals surface area contributed by atoms with Gasteiger partial charge in [-0.1, -0.05) is 30.4 Å². The number of anilines is 1. The summed E-state index contributed by atoms with van der Waals surface area (Å²) in [7, 11) is 0. The van der Waals surface area contributed by atoms with Gasteiger partial charge in [0.1, 0.15) is 0 Å². The number of piperazine rings is 1. The molecule has 5 nitrogen and oxygen atoms in total. The van der Waals surface area contributed by atoms with Crippen molar-refractivity contribution in [1.29, 1.82) is 0 Å². The fourth-order valence-electron chi connectivity index (χ4n) is 3.77. The predicted octanol–water partition coefficient (Wildman–Crippen LogP) is 2.74. The largest absolute Gasteiger partial charge is 0.340 e. The maximum absolute atomic E-state index is 12.4. The molecule has 1 aromatic carbocycles. The molecule has 0 spiro atoms. The van der Waals surface area contributed by atoms with Gasteiger partial charge in [-0.05, 0) is 43.7 Å². The molecule has 1 heterocycles. The van der Waals surface area contributed by atoms with Crippen LogP contribution in [0.15, 0.2) is 30.4 Å². The van der Waals surface area contributed by atoms with Gasteiger partial charge in [-0.2, -0.15) is 0 Å². The Kier molecular flexibility index (Phi) is 6.09. The van der Waals surface area contributed by atoms with Crippen molar-refractivity contribution < 1.29 is 9.59 Å². The molecule has 1 saturated heterocycles. The van der Waals surface area contributed by atoms with Crippen molar-refractivity contribution in [3.8, 4) is 0 Å². The van der Waals surface area contributed by atoms with E-state index in [1.54, 1.807) is 0 Å². The van der Waals surface area contributed by atoms with Crippen LogP contribution in [0.3, 0.4) is 0 Å². The van der Waals surface area contributed by atoms with Gasteiger partial charge >= 0.3 is 0 Å². The Morgan fingerprint density at radius 2 is 1.81 bits per heavy atom. The van der Waals surface area contributed by atoms with E-state index in [-0.39, 0.29) is 11.8 Å². The third-order valence-corrected chi connectivity index (χ3v) is 5.39. The number of aryl methyl sites for hydroxylation is 2. The van der Waals surface area contributed by atoms with Gasteiger partial charge in [-0.15, -0.1) is 0 Å². The van der Waals surface area contributed by atoms with Crippen LogP contribution in [-0.2, 0) is 9.59 Å². The molecule has 0 unspecified atom stereocenters. The molecule has 0 bridgehead atoms. The summed E-state index contributed by atoms with van der Waals surface area (Å²) in [6.45, 7) is 7.33. The Hall–Kier alpha value is -2.14. The third kappa shape index (κ3) is 4.73. The number of carbonyl (C=O) groups excluding carboxylic acids is 2. The molecule has 2 amide bonds. The summed E-state index contributed by atoms with van der Waals surface area (Å²) in [6.07, 6.45) is 7.17. The summed E-state index contributed by atoms with van der Waals surface area (Å²) in [5.74, 6) is 0.683. The number of hydrogen-bond donors (Lipinski definition) is 1. The van der Waals surface area contributed by atoms with Crippen LogP contribution in [0.5, 0.6) is 0 Å². The first-order valence-electron chi connectivity index (χ1n) is 9.56. The van der Waals surface area contributed by atoms with Gasteiger partial charge in [0.15, 0.2) is 0 Å². The highest BCUT2D eigenvalue weighted by atomic mass is 16.2. The van der Waals surface area contributed by atoms with E-state index in [1.165, 1.54) is 0 Å². The van der Waals surface area contributed by atoms with Crippen molar-refractivity contribution in [3.63, 3.8) is 0 Å². The van der Waals surface area contributed by atoms with Gasteiger partial charge in [0.2, 0.25) is 11.8 Å². The highest BCUT2D eigenvalue weighted by molar-refractivity contribution is 5.93.